The van der Waals surface area contributed by atoms with E-state index in [4.69, 9.17) is 0 Å². The van der Waals surface area contributed by atoms with Gasteiger partial charge in [-0.05, 0) is 42.3 Å². The number of benzene rings is 2. The van der Waals surface area contributed by atoms with Gasteiger partial charge in [-0.3, -0.25) is 9.59 Å². The van der Waals surface area contributed by atoms with Crippen LogP contribution < -0.4 is 5.56 Å². The number of hydrogen-bond acceptors (Lipinski definition) is 3. The number of carbonyl (C=O) groups is 1. The van der Waals surface area contributed by atoms with Crippen molar-refractivity contribution in [1.29, 1.82) is 0 Å². The SMILES string of the molecule is Cc1cn(Cc2ccc(C(=O)c3ccc(F)cc3)cc2)c2ncn(C)c(=O)c12. The molecule has 0 aliphatic carbocycles. The van der Waals surface area contributed by atoms with Crippen molar-refractivity contribution in [3.63, 3.8) is 0 Å². The van der Waals surface area contributed by atoms with Crippen LogP contribution in [0.15, 0.2) is 65.8 Å². The van der Waals surface area contributed by atoms with Gasteiger partial charge in [-0.15, -0.1) is 0 Å². The van der Waals surface area contributed by atoms with Gasteiger partial charge in [-0.1, -0.05) is 24.3 Å². The van der Waals surface area contributed by atoms with Crippen LogP contribution in [0, 0.1) is 12.7 Å². The lowest BCUT2D eigenvalue weighted by atomic mass is 10.0. The van der Waals surface area contributed by atoms with Gasteiger partial charge in [0.25, 0.3) is 5.56 Å². The molecule has 0 N–H and O–H groups in total. The van der Waals surface area contributed by atoms with Crippen molar-refractivity contribution in [3.05, 3.63) is 99.5 Å². The summed E-state index contributed by atoms with van der Waals surface area (Å²) in [5.74, 6) is -0.524. The lowest BCUT2D eigenvalue weighted by molar-refractivity contribution is 0.103. The Morgan fingerprint density at radius 2 is 1.64 bits per heavy atom. The summed E-state index contributed by atoms with van der Waals surface area (Å²) < 4.78 is 16.4. The first-order chi connectivity index (χ1) is 13.4. The molecular weight excluding hydrogens is 357 g/mol. The molecule has 140 valence electrons. The molecule has 0 unspecified atom stereocenters. The predicted molar refractivity (Wildman–Crippen MR) is 105 cm³/mol. The van der Waals surface area contributed by atoms with Crippen molar-refractivity contribution in [2.24, 2.45) is 7.05 Å². The van der Waals surface area contributed by atoms with Crippen molar-refractivity contribution < 1.29 is 9.18 Å². The standard InChI is InChI=1S/C22H18FN3O2/c1-14-11-26(21-19(14)22(28)25(2)13-24-21)12-15-3-5-16(6-4-15)20(27)17-7-9-18(23)10-8-17/h3-11,13H,12H2,1-2H3. The van der Waals surface area contributed by atoms with Crippen LogP contribution in [-0.4, -0.2) is 19.9 Å². The fourth-order valence-electron chi connectivity index (χ4n) is 3.30. The van der Waals surface area contributed by atoms with E-state index in [2.05, 4.69) is 4.98 Å². The zero-order chi connectivity index (χ0) is 19.8. The Morgan fingerprint density at radius 3 is 2.29 bits per heavy atom. The van der Waals surface area contributed by atoms with Crippen LogP contribution >= 0.6 is 0 Å². The van der Waals surface area contributed by atoms with E-state index in [1.807, 2.05) is 29.8 Å². The maximum absolute atomic E-state index is 13.0. The van der Waals surface area contributed by atoms with Crippen molar-refractivity contribution in [1.82, 2.24) is 14.1 Å². The molecular formula is C22H18FN3O2. The smallest absolute Gasteiger partial charge is 0.262 e. The molecule has 0 saturated carbocycles. The van der Waals surface area contributed by atoms with E-state index in [0.717, 1.165) is 11.1 Å². The summed E-state index contributed by atoms with van der Waals surface area (Å²) in [5, 5.41) is 0.619. The molecule has 0 spiro atoms. The zero-order valence-electron chi connectivity index (χ0n) is 15.5. The van der Waals surface area contributed by atoms with Gasteiger partial charge < -0.3 is 9.13 Å². The molecule has 28 heavy (non-hydrogen) atoms. The molecule has 2 heterocycles. The van der Waals surface area contributed by atoms with E-state index in [1.54, 1.807) is 19.2 Å². The van der Waals surface area contributed by atoms with Gasteiger partial charge in [0, 0.05) is 30.9 Å². The third-order valence-electron chi connectivity index (χ3n) is 4.80. The summed E-state index contributed by atoms with van der Waals surface area (Å²) in [6.07, 6.45) is 3.43. The molecule has 2 aromatic heterocycles. The maximum atomic E-state index is 13.0. The van der Waals surface area contributed by atoms with Crippen LogP contribution in [0.4, 0.5) is 4.39 Å². The Hall–Kier alpha value is -3.54. The Balaban J connectivity index is 1.61. The maximum Gasteiger partial charge on any atom is 0.262 e. The first-order valence-corrected chi connectivity index (χ1v) is 8.84. The molecule has 0 aliphatic rings. The summed E-state index contributed by atoms with van der Waals surface area (Å²) in [5.41, 5.74) is 3.42. The number of ketones is 1. The minimum Gasteiger partial charge on any atom is -0.328 e. The van der Waals surface area contributed by atoms with E-state index < -0.39 is 0 Å². The summed E-state index contributed by atoms with van der Waals surface area (Å²) >= 11 is 0. The molecule has 6 heteroatoms. The molecule has 0 saturated heterocycles. The van der Waals surface area contributed by atoms with E-state index in [-0.39, 0.29) is 17.2 Å². The molecule has 0 amide bonds. The summed E-state index contributed by atoms with van der Waals surface area (Å²) in [6.45, 7) is 2.43. The average Bonchev–Trinajstić information content (AvgIpc) is 3.01. The minimum absolute atomic E-state index is 0.0681. The predicted octanol–water partition coefficient (Wildman–Crippen LogP) is 3.46. The van der Waals surface area contributed by atoms with Crippen LogP contribution in [0.1, 0.15) is 27.0 Å². The molecule has 0 radical (unpaired) electrons. The van der Waals surface area contributed by atoms with Crippen molar-refractivity contribution >= 4 is 16.8 Å². The summed E-state index contributed by atoms with van der Waals surface area (Å²) in [4.78, 5) is 29.2. The average molecular weight is 375 g/mol. The largest absolute Gasteiger partial charge is 0.328 e. The molecule has 2 aromatic carbocycles. The normalized spacial score (nSPS) is 11.1. The van der Waals surface area contributed by atoms with E-state index in [1.165, 1.54) is 35.2 Å². The van der Waals surface area contributed by atoms with Crippen molar-refractivity contribution in [2.45, 2.75) is 13.5 Å². The van der Waals surface area contributed by atoms with Crippen molar-refractivity contribution in [3.8, 4) is 0 Å². The number of carbonyl (C=O) groups excluding carboxylic acids is 1. The van der Waals surface area contributed by atoms with Gasteiger partial charge in [-0.25, -0.2) is 9.37 Å². The van der Waals surface area contributed by atoms with Gasteiger partial charge in [-0.2, -0.15) is 0 Å². The first-order valence-electron chi connectivity index (χ1n) is 8.84. The number of fused-ring (bicyclic) bond motifs is 1. The lowest BCUT2D eigenvalue weighted by Crippen LogP contribution is -2.17. The minimum atomic E-state index is -0.371. The third-order valence-corrected chi connectivity index (χ3v) is 4.80. The lowest BCUT2D eigenvalue weighted by Gasteiger charge is -2.07. The van der Waals surface area contributed by atoms with Gasteiger partial charge in [0.15, 0.2) is 5.78 Å². The topological polar surface area (TPSA) is 56.9 Å². The number of aryl methyl sites for hydroxylation is 2. The van der Waals surface area contributed by atoms with Gasteiger partial charge >= 0.3 is 0 Å². The van der Waals surface area contributed by atoms with E-state index in [9.17, 15) is 14.0 Å². The van der Waals surface area contributed by atoms with Crippen molar-refractivity contribution in [2.75, 3.05) is 0 Å². The highest BCUT2D eigenvalue weighted by Crippen LogP contribution is 2.18. The Morgan fingerprint density at radius 1 is 1.04 bits per heavy atom. The number of aromatic nitrogens is 3. The number of halogens is 1. The van der Waals surface area contributed by atoms with Crippen LogP contribution in [0.25, 0.3) is 11.0 Å². The van der Waals surface area contributed by atoms with Crippen LogP contribution in [0.2, 0.25) is 0 Å². The van der Waals surface area contributed by atoms with Gasteiger partial charge in [0.05, 0.1) is 11.7 Å². The molecule has 5 nitrogen and oxygen atoms in total. The highest BCUT2D eigenvalue weighted by Gasteiger charge is 2.13. The fourth-order valence-corrected chi connectivity index (χ4v) is 3.30. The highest BCUT2D eigenvalue weighted by molar-refractivity contribution is 6.08. The Bertz CT molecular complexity index is 1240. The molecule has 0 fully saturated rings. The fraction of sp³-hybridized carbons (Fsp3) is 0.136. The van der Waals surface area contributed by atoms with E-state index in [0.29, 0.717) is 28.7 Å². The molecule has 0 atom stereocenters. The second-order valence-electron chi connectivity index (χ2n) is 6.83. The van der Waals surface area contributed by atoms with Crippen LogP contribution in [-0.2, 0) is 13.6 Å². The molecule has 4 rings (SSSR count). The molecule has 0 aliphatic heterocycles. The molecule has 4 aromatic rings. The Kier molecular flexibility index (Phi) is 4.39. The first kappa shape index (κ1) is 17.9. The van der Waals surface area contributed by atoms with Gasteiger partial charge in [0.1, 0.15) is 11.5 Å². The van der Waals surface area contributed by atoms with E-state index >= 15 is 0 Å². The van der Waals surface area contributed by atoms with Crippen LogP contribution in [0.5, 0.6) is 0 Å². The summed E-state index contributed by atoms with van der Waals surface area (Å²) in [6, 6.07) is 12.8. The quantitative estimate of drug-likeness (QED) is 0.513. The Labute approximate surface area is 160 Å². The molecule has 0 bridgehead atoms. The number of hydrogen-bond donors (Lipinski definition) is 0. The number of nitrogens with zero attached hydrogens (tertiary/aromatic N) is 3. The van der Waals surface area contributed by atoms with Gasteiger partial charge in [0.2, 0.25) is 0 Å². The summed E-state index contributed by atoms with van der Waals surface area (Å²) in [7, 11) is 1.68. The monoisotopic (exact) mass is 375 g/mol. The highest BCUT2D eigenvalue weighted by atomic mass is 19.1. The van der Waals surface area contributed by atoms with Crippen LogP contribution in [0.3, 0.4) is 0 Å². The second-order valence-corrected chi connectivity index (χ2v) is 6.83. The number of rotatable bonds is 4. The zero-order valence-corrected chi connectivity index (χ0v) is 15.5. The second kappa shape index (κ2) is 6.88. The third kappa shape index (κ3) is 3.13.